The van der Waals surface area contributed by atoms with Crippen molar-refractivity contribution in [2.75, 3.05) is 24.2 Å². The van der Waals surface area contributed by atoms with Crippen molar-refractivity contribution in [3.05, 3.63) is 54.1 Å². The number of hydrogen-bond acceptors (Lipinski definition) is 5. The summed E-state index contributed by atoms with van der Waals surface area (Å²) < 4.78 is 5.63. The molecule has 1 heterocycles. The van der Waals surface area contributed by atoms with Crippen LogP contribution in [0, 0.1) is 6.92 Å². The molecule has 0 radical (unpaired) electrons. The lowest BCUT2D eigenvalue weighted by Gasteiger charge is -2.21. The molecular weight excluding hydrogens is 374 g/mol. The van der Waals surface area contributed by atoms with Crippen molar-refractivity contribution in [1.29, 1.82) is 0 Å². The van der Waals surface area contributed by atoms with Crippen LogP contribution < -0.4 is 5.32 Å². The van der Waals surface area contributed by atoms with Gasteiger partial charge in [-0.15, -0.1) is 0 Å². The number of para-hydroxylation sites is 3. The zero-order valence-corrected chi connectivity index (χ0v) is 16.8. The number of carbonyl (C=O) groups is 2. The highest BCUT2D eigenvalue weighted by molar-refractivity contribution is 7.99. The Labute approximate surface area is 168 Å². The maximum Gasteiger partial charge on any atom is 0.257 e. The Morgan fingerprint density at radius 2 is 1.89 bits per heavy atom. The molecule has 0 unspecified atom stereocenters. The molecule has 1 N–H and O–H groups in total. The number of nitrogens with one attached hydrogen (secondary N) is 1. The fourth-order valence-electron chi connectivity index (χ4n) is 2.77. The van der Waals surface area contributed by atoms with Gasteiger partial charge in [0.15, 0.2) is 5.58 Å². The summed E-state index contributed by atoms with van der Waals surface area (Å²) in [5.74, 6) is -0.151. The third kappa shape index (κ3) is 5.13. The van der Waals surface area contributed by atoms with E-state index in [1.165, 1.54) is 11.8 Å². The Bertz CT molecular complexity index is 937. The topological polar surface area (TPSA) is 75.4 Å². The molecule has 0 saturated heterocycles. The van der Waals surface area contributed by atoms with Gasteiger partial charge in [0.1, 0.15) is 5.52 Å². The summed E-state index contributed by atoms with van der Waals surface area (Å²) in [7, 11) is 0. The minimum Gasteiger partial charge on any atom is -0.431 e. The van der Waals surface area contributed by atoms with Gasteiger partial charge in [0.25, 0.3) is 5.22 Å². The molecule has 1 aromatic heterocycles. The number of amides is 2. The Morgan fingerprint density at radius 3 is 2.64 bits per heavy atom. The second-order valence-electron chi connectivity index (χ2n) is 6.41. The normalized spacial score (nSPS) is 10.8. The molecule has 7 heteroatoms. The number of aromatic nitrogens is 1. The first-order valence-corrected chi connectivity index (χ1v) is 10.2. The van der Waals surface area contributed by atoms with Crippen LogP contribution in [0.25, 0.3) is 11.1 Å². The zero-order valence-electron chi connectivity index (χ0n) is 16.0. The number of rotatable bonds is 8. The molecule has 0 aliphatic heterocycles. The summed E-state index contributed by atoms with van der Waals surface area (Å²) in [5.41, 5.74) is 3.20. The molecule has 6 nitrogen and oxygen atoms in total. The van der Waals surface area contributed by atoms with Crippen molar-refractivity contribution >= 4 is 40.4 Å². The summed E-state index contributed by atoms with van der Waals surface area (Å²) in [6.45, 7) is 4.46. The van der Waals surface area contributed by atoms with Gasteiger partial charge in [0.2, 0.25) is 11.8 Å². The van der Waals surface area contributed by atoms with E-state index in [0.717, 1.165) is 23.2 Å². The number of aryl methyl sites for hydroxylation is 1. The molecular formula is C21H23N3O3S. The highest BCUT2D eigenvalue weighted by Crippen LogP contribution is 2.23. The predicted octanol–water partition coefficient (Wildman–Crippen LogP) is 4.11. The molecule has 3 rings (SSSR count). The van der Waals surface area contributed by atoms with Gasteiger partial charge < -0.3 is 14.6 Å². The molecule has 146 valence electrons. The number of carbonyl (C=O) groups excluding carboxylic acids is 2. The lowest BCUT2D eigenvalue weighted by atomic mass is 10.2. The van der Waals surface area contributed by atoms with Crippen LogP contribution in [0.3, 0.4) is 0 Å². The van der Waals surface area contributed by atoms with E-state index in [1.54, 1.807) is 4.90 Å². The van der Waals surface area contributed by atoms with Crippen LogP contribution >= 0.6 is 11.8 Å². The number of oxazole rings is 1. The molecule has 0 aliphatic carbocycles. The zero-order chi connectivity index (χ0) is 19.9. The maximum absolute atomic E-state index is 12.6. The average molecular weight is 398 g/mol. The Balaban J connectivity index is 1.58. The van der Waals surface area contributed by atoms with Crippen LogP contribution in [0.2, 0.25) is 0 Å². The first-order chi connectivity index (χ1) is 13.6. The van der Waals surface area contributed by atoms with Gasteiger partial charge in [-0.2, -0.15) is 0 Å². The summed E-state index contributed by atoms with van der Waals surface area (Å²) in [6.07, 6.45) is 0.775. The Kier molecular flexibility index (Phi) is 6.71. The van der Waals surface area contributed by atoms with E-state index in [4.69, 9.17) is 4.42 Å². The highest BCUT2D eigenvalue weighted by atomic mass is 32.2. The van der Waals surface area contributed by atoms with Crippen LogP contribution in [-0.4, -0.2) is 40.5 Å². The first kappa shape index (κ1) is 19.9. The minimum atomic E-state index is -0.206. The van der Waals surface area contributed by atoms with Gasteiger partial charge in [0, 0.05) is 12.2 Å². The molecule has 2 aromatic carbocycles. The van der Waals surface area contributed by atoms with Crippen LogP contribution in [0.15, 0.2) is 58.2 Å². The standard InChI is InChI=1S/C21H23N3O3S/c1-3-12-24(13-19(25)22-16-9-5-4-8-15(16)2)20(26)14-28-21-23-17-10-6-7-11-18(17)27-21/h4-11H,3,12-14H2,1-2H3,(H,22,25). The Hall–Kier alpha value is -2.80. The van der Waals surface area contributed by atoms with Crippen molar-refractivity contribution in [2.45, 2.75) is 25.5 Å². The molecule has 0 spiro atoms. The summed E-state index contributed by atoms with van der Waals surface area (Å²) in [6, 6.07) is 15.0. The number of thioether (sulfide) groups is 1. The smallest absolute Gasteiger partial charge is 0.257 e. The van der Waals surface area contributed by atoms with E-state index in [9.17, 15) is 9.59 Å². The first-order valence-electron chi connectivity index (χ1n) is 9.18. The largest absolute Gasteiger partial charge is 0.431 e. The third-order valence-corrected chi connectivity index (χ3v) is 5.01. The van der Waals surface area contributed by atoms with Gasteiger partial charge in [-0.1, -0.05) is 49.0 Å². The molecule has 28 heavy (non-hydrogen) atoms. The quantitative estimate of drug-likeness (QED) is 0.579. The van der Waals surface area contributed by atoms with Crippen LogP contribution in [0.5, 0.6) is 0 Å². The fourth-order valence-corrected chi connectivity index (χ4v) is 3.51. The third-order valence-electron chi connectivity index (χ3n) is 4.19. The van der Waals surface area contributed by atoms with Crippen molar-refractivity contribution in [3.63, 3.8) is 0 Å². The molecule has 2 amide bonds. The van der Waals surface area contributed by atoms with Gasteiger partial charge >= 0.3 is 0 Å². The van der Waals surface area contributed by atoms with E-state index < -0.39 is 0 Å². The van der Waals surface area contributed by atoms with Gasteiger partial charge in [-0.05, 0) is 37.1 Å². The number of benzene rings is 2. The fraction of sp³-hybridized carbons (Fsp3) is 0.286. The van der Waals surface area contributed by atoms with Crippen LogP contribution in [0.4, 0.5) is 5.69 Å². The van der Waals surface area contributed by atoms with Crippen molar-refractivity contribution in [3.8, 4) is 0 Å². The van der Waals surface area contributed by atoms with Crippen molar-refractivity contribution in [2.24, 2.45) is 0 Å². The number of nitrogens with zero attached hydrogens (tertiary/aromatic N) is 2. The second kappa shape index (κ2) is 9.41. The van der Waals surface area contributed by atoms with Crippen molar-refractivity contribution in [1.82, 2.24) is 9.88 Å². The summed E-state index contributed by atoms with van der Waals surface area (Å²) in [4.78, 5) is 31.0. The minimum absolute atomic E-state index is 0.0229. The molecule has 0 atom stereocenters. The number of anilines is 1. The lowest BCUT2D eigenvalue weighted by Crippen LogP contribution is -2.39. The van der Waals surface area contributed by atoms with Gasteiger partial charge in [-0.25, -0.2) is 4.98 Å². The molecule has 0 bridgehead atoms. The highest BCUT2D eigenvalue weighted by Gasteiger charge is 2.18. The van der Waals surface area contributed by atoms with Crippen molar-refractivity contribution < 1.29 is 14.0 Å². The number of fused-ring (bicyclic) bond motifs is 1. The monoisotopic (exact) mass is 397 g/mol. The van der Waals surface area contributed by atoms with E-state index >= 15 is 0 Å². The Morgan fingerprint density at radius 1 is 1.14 bits per heavy atom. The SMILES string of the molecule is CCCN(CC(=O)Nc1ccccc1C)C(=O)CSc1nc2ccccc2o1. The van der Waals surface area contributed by atoms with Crippen LogP contribution in [-0.2, 0) is 9.59 Å². The van der Waals surface area contributed by atoms with Gasteiger partial charge in [0.05, 0.1) is 12.3 Å². The maximum atomic E-state index is 12.6. The molecule has 0 saturated carbocycles. The number of hydrogen-bond donors (Lipinski definition) is 1. The van der Waals surface area contributed by atoms with E-state index in [1.807, 2.05) is 62.4 Å². The van der Waals surface area contributed by atoms with Gasteiger partial charge in [-0.3, -0.25) is 9.59 Å². The lowest BCUT2D eigenvalue weighted by molar-refractivity contribution is -0.132. The van der Waals surface area contributed by atoms with E-state index in [2.05, 4.69) is 10.3 Å². The van der Waals surface area contributed by atoms with Crippen LogP contribution in [0.1, 0.15) is 18.9 Å². The van der Waals surface area contributed by atoms with E-state index in [-0.39, 0.29) is 24.1 Å². The molecule has 0 aliphatic rings. The predicted molar refractivity (Wildman–Crippen MR) is 111 cm³/mol. The molecule has 0 fully saturated rings. The average Bonchev–Trinajstić information content (AvgIpc) is 3.10. The molecule has 3 aromatic rings. The summed E-state index contributed by atoms with van der Waals surface area (Å²) >= 11 is 1.24. The summed E-state index contributed by atoms with van der Waals surface area (Å²) in [5, 5.41) is 3.33. The second-order valence-corrected chi connectivity index (χ2v) is 7.34. The van der Waals surface area contributed by atoms with E-state index in [0.29, 0.717) is 17.4 Å².